The van der Waals surface area contributed by atoms with Crippen molar-refractivity contribution in [1.82, 2.24) is 9.88 Å². The second-order valence-corrected chi connectivity index (χ2v) is 9.00. The number of ether oxygens (including phenoxy) is 1. The van der Waals surface area contributed by atoms with Crippen LogP contribution in [0.4, 0.5) is 10.5 Å². The third-order valence-corrected chi connectivity index (χ3v) is 6.52. The van der Waals surface area contributed by atoms with Crippen LogP contribution in [0.2, 0.25) is 0 Å². The van der Waals surface area contributed by atoms with Gasteiger partial charge in [-0.15, -0.1) is 0 Å². The molecule has 178 valence electrons. The van der Waals surface area contributed by atoms with E-state index in [4.69, 9.17) is 4.74 Å². The number of hydrogen-bond donors (Lipinski definition) is 1. The van der Waals surface area contributed by atoms with Crippen LogP contribution in [0.25, 0.3) is 11.8 Å². The molecule has 1 N–H and O–H groups in total. The number of urea groups is 1. The molecular formula is C26H22BrN3O5. The minimum Gasteiger partial charge on any atom is -0.427 e. The van der Waals surface area contributed by atoms with Crippen LogP contribution >= 0.6 is 15.9 Å². The predicted molar refractivity (Wildman–Crippen MR) is 134 cm³/mol. The summed E-state index contributed by atoms with van der Waals surface area (Å²) in [6, 6.07) is 13.1. The van der Waals surface area contributed by atoms with Gasteiger partial charge in [-0.2, -0.15) is 0 Å². The fourth-order valence-electron chi connectivity index (χ4n) is 3.98. The maximum Gasteiger partial charge on any atom is 0.335 e. The number of barbiturate groups is 1. The van der Waals surface area contributed by atoms with Crippen molar-refractivity contribution in [3.8, 4) is 11.4 Å². The normalized spacial score (nSPS) is 14.9. The Kier molecular flexibility index (Phi) is 6.45. The lowest BCUT2D eigenvalue weighted by atomic mass is 10.1. The zero-order chi connectivity index (χ0) is 25.4. The number of benzene rings is 2. The van der Waals surface area contributed by atoms with Gasteiger partial charge in [0.2, 0.25) is 0 Å². The zero-order valence-corrected chi connectivity index (χ0v) is 21.1. The fraction of sp³-hybridized carbons (Fsp3) is 0.154. The maximum absolute atomic E-state index is 13.3. The summed E-state index contributed by atoms with van der Waals surface area (Å²) in [4.78, 5) is 50.5. The minimum absolute atomic E-state index is 0.143. The number of carbonyl (C=O) groups is 4. The Hall–Kier alpha value is -3.98. The van der Waals surface area contributed by atoms with E-state index >= 15 is 0 Å². The van der Waals surface area contributed by atoms with Crippen LogP contribution in [-0.2, 0) is 14.4 Å². The van der Waals surface area contributed by atoms with Crippen LogP contribution in [0.5, 0.6) is 5.75 Å². The van der Waals surface area contributed by atoms with Crippen molar-refractivity contribution >= 4 is 51.5 Å². The number of carbonyl (C=O) groups excluding carboxylic acids is 4. The molecule has 0 bridgehead atoms. The molecule has 4 amide bonds. The first-order valence-corrected chi connectivity index (χ1v) is 11.5. The summed E-state index contributed by atoms with van der Waals surface area (Å²) >= 11 is 3.41. The summed E-state index contributed by atoms with van der Waals surface area (Å²) in [5, 5.41) is 2.26. The average molecular weight is 536 g/mol. The molecule has 1 saturated heterocycles. The highest BCUT2D eigenvalue weighted by atomic mass is 79.9. The van der Waals surface area contributed by atoms with E-state index in [9.17, 15) is 19.2 Å². The fourth-order valence-corrected chi connectivity index (χ4v) is 4.22. The lowest BCUT2D eigenvalue weighted by Gasteiger charge is -2.26. The third-order valence-electron chi connectivity index (χ3n) is 5.63. The first-order valence-electron chi connectivity index (χ1n) is 10.7. The van der Waals surface area contributed by atoms with Gasteiger partial charge in [-0.3, -0.25) is 19.7 Å². The van der Waals surface area contributed by atoms with E-state index in [0.717, 1.165) is 32.0 Å². The van der Waals surface area contributed by atoms with Gasteiger partial charge in [0.1, 0.15) is 11.3 Å². The van der Waals surface area contributed by atoms with Crippen LogP contribution in [0.1, 0.15) is 29.4 Å². The number of amides is 4. The summed E-state index contributed by atoms with van der Waals surface area (Å²) < 4.78 is 7.88. The second-order valence-electron chi connectivity index (χ2n) is 8.14. The zero-order valence-electron chi connectivity index (χ0n) is 19.5. The van der Waals surface area contributed by atoms with Gasteiger partial charge >= 0.3 is 12.0 Å². The number of esters is 1. The molecule has 0 atom stereocenters. The van der Waals surface area contributed by atoms with Crippen molar-refractivity contribution in [2.75, 3.05) is 4.90 Å². The molecule has 0 spiro atoms. The van der Waals surface area contributed by atoms with Gasteiger partial charge in [0.25, 0.3) is 11.8 Å². The van der Waals surface area contributed by atoms with Gasteiger partial charge in [-0.1, -0.05) is 15.9 Å². The van der Waals surface area contributed by atoms with Crippen LogP contribution < -0.4 is 15.0 Å². The molecule has 1 aliphatic rings. The molecule has 2 heterocycles. The number of nitrogens with one attached hydrogen (secondary N) is 1. The van der Waals surface area contributed by atoms with Gasteiger partial charge in [-0.05, 0) is 86.5 Å². The van der Waals surface area contributed by atoms with Gasteiger partial charge in [-0.25, -0.2) is 9.69 Å². The standard InChI is InChI=1S/C26H22BrN3O5/c1-14-11-20(7-10-23(14)27)30-25(33)22(24(32)28-26(30)34)13-18-12-15(2)29(16(18)3)19-5-8-21(9-6-19)35-17(4)31/h5-13H,1-4H3,(H,28,32,34)/b22-13+. The number of rotatable bonds is 4. The van der Waals surface area contributed by atoms with Crippen molar-refractivity contribution < 1.29 is 23.9 Å². The van der Waals surface area contributed by atoms with E-state index in [2.05, 4.69) is 21.2 Å². The summed E-state index contributed by atoms with van der Waals surface area (Å²) in [6.45, 7) is 6.95. The Labute approximate surface area is 210 Å². The molecule has 0 aliphatic carbocycles. The SMILES string of the molecule is CC(=O)Oc1ccc(-n2c(C)cc(/C=C3\C(=O)NC(=O)N(c4ccc(Br)c(C)c4)C3=O)c2C)cc1. The summed E-state index contributed by atoms with van der Waals surface area (Å²) in [5.41, 5.74) is 4.20. The third kappa shape index (κ3) is 4.67. The molecule has 0 radical (unpaired) electrons. The number of imide groups is 2. The molecule has 3 aromatic rings. The first kappa shape index (κ1) is 24.2. The van der Waals surface area contributed by atoms with Crippen molar-refractivity contribution in [3.05, 3.63) is 81.1 Å². The number of anilines is 1. The highest BCUT2D eigenvalue weighted by Gasteiger charge is 2.37. The molecule has 2 aromatic carbocycles. The Morgan fingerprint density at radius 2 is 1.63 bits per heavy atom. The largest absolute Gasteiger partial charge is 0.427 e. The van der Waals surface area contributed by atoms with E-state index in [-0.39, 0.29) is 5.57 Å². The number of aryl methyl sites for hydroxylation is 2. The first-order chi connectivity index (χ1) is 16.6. The Bertz CT molecular complexity index is 1420. The van der Waals surface area contributed by atoms with Gasteiger partial charge in [0.15, 0.2) is 0 Å². The number of aromatic nitrogens is 1. The molecule has 1 fully saturated rings. The smallest absolute Gasteiger partial charge is 0.335 e. The molecule has 1 aromatic heterocycles. The van der Waals surface area contributed by atoms with E-state index in [1.54, 1.807) is 30.3 Å². The lowest BCUT2D eigenvalue weighted by Crippen LogP contribution is -2.54. The van der Waals surface area contributed by atoms with Gasteiger partial charge in [0, 0.05) is 28.5 Å². The van der Waals surface area contributed by atoms with Crippen molar-refractivity contribution in [3.63, 3.8) is 0 Å². The average Bonchev–Trinajstić information content (AvgIpc) is 3.06. The van der Waals surface area contributed by atoms with Crippen LogP contribution in [0, 0.1) is 20.8 Å². The summed E-state index contributed by atoms with van der Waals surface area (Å²) in [7, 11) is 0. The molecular weight excluding hydrogens is 514 g/mol. The van der Waals surface area contributed by atoms with Crippen LogP contribution in [0.15, 0.2) is 58.6 Å². The van der Waals surface area contributed by atoms with E-state index in [0.29, 0.717) is 17.0 Å². The summed E-state index contributed by atoms with van der Waals surface area (Å²) in [5.74, 6) is -1.42. The predicted octanol–water partition coefficient (Wildman–Crippen LogP) is 4.76. The highest BCUT2D eigenvalue weighted by Crippen LogP contribution is 2.28. The minimum atomic E-state index is -0.794. The highest BCUT2D eigenvalue weighted by molar-refractivity contribution is 9.10. The van der Waals surface area contributed by atoms with Crippen LogP contribution in [-0.4, -0.2) is 28.4 Å². The van der Waals surface area contributed by atoms with Crippen molar-refractivity contribution in [2.24, 2.45) is 0 Å². The Balaban J connectivity index is 1.71. The van der Waals surface area contributed by atoms with Crippen LogP contribution in [0.3, 0.4) is 0 Å². The second kappa shape index (κ2) is 9.34. The van der Waals surface area contributed by atoms with Gasteiger partial charge < -0.3 is 9.30 Å². The Morgan fingerprint density at radius 1 is 0.971 bits per heavy atom. The van der Waals surface area contributed by atoms with Crippen molar-refractivity contribution in [1.29, 1.82) is 0 Å². The quantitative estimate of drug-likeness (QED) is 0.225. The summed E-state index contributed by atoms with van der Waals surface area (Å²) in [6.07, 6.45) is 1.49. The molecule has 35 heavy (non-hydrogen) atoms. The molecule has 4 rings (SSSR count). The maximum atomic E-state index is 13.3. The Morgan fingerprint density at radius 3 is 2.26 bits per heavy atom. The molecule has 1 aliphatic heterocycles. The number of halogens is 1. The van der Waals surface area contributed by atoms with E-state index in [1.807, 2.05) is 43.5 Å². The number of nitrogens with zero attached hydrogens (tertiary/aromatic N) is 2. The van der Waals surface area contributed by atoms with Crippen molar-refractivity contribution in [2.45, 2.75) is 27.7 Å². The molecule has 0 saturated carbocycles. The molecule has 9 heteroatoms. The molecule has 0 unspecified atom stereocenters. The van der Waals surface area contributed by atoms with Gasteiger partial charge in [0.05, 0.1) is 5.69 Å². The monoisotopic (exact) mass is 535 g/mol. The van der Waals surface area contributed by atoms with E-state index < -0.39 is 23.8 Å². The lowest BCUT2D eigenvalue weighted by molar-refractivity contribution is -0.132. The molecule has 8 nitrogen and oxygen atoms in total. The number of hydrogen-bond acceptors (Lipinski definition) is 5. The topological polar surface area (TPSA) is 97.7 Å². The van der Waals surface area contributed by atoms with E-state index in [1.165, 1.54) is 13.0 Å².